The van der Waals surface area contributed by atoms with Gasteiger partial charge in [0, 0.05) is 53.3 Å². The van der Waals surface area contributed by atoms with Gasteiger partial charge in [-0.25, -0.2) is 4.98 Å². The van der Waals surface area contributed by atoms with E-state index < -0.39 is 6.23 Å². The number of aryl methyl sites for hydroxylation is 1. The molecule has 2 amide bonds. The molecule has 1 unspecified atom stereocenters. The number of hydrogen-bond donors (Lipinski definition) is 5. The van der Waals surface area contributed by atoms with Crippen LogP contribution in [-0.2, 0) is 13.0 Å². The highest BCUT2D eigenvalue weighted by Crippen LogP contribution is 2.30. The molecule has 1 aliphatic carbocycles. The lowest BCUT2D eigenvalue weighted by atomic mass is 9.80. The number of aliphatic hydroxyl groups is 1. The van der Waals surface area contributed by atoms with Crippen molar-refractivity contribution in [2.24, 2.45) is 5.92 Å². The molecule has 5 rings (SSSR count). The Labute approximate surface area is 214 Å². The zero-order chi connectivity index (χ0) is 25.4. The summed E-state index contributed by atoms with van der Waals surface area (Å²) in [4.78, 5) is 37.1. The summed E-state index contributed by atoms with van der Waals surface area (Å²) in [7, 11) is 3.69. The summed E-state index contributed by atoms with van der Waals surface area (Å²) in [6, 6.07) is 7.32. The van der Waals surface area contributed by atoms with Crippen molar-refractivity contribution < 1.29 is 14.7 Å². The Kier molecular flexibility index (Phi) is 7.11. The fourth-order valence-electron chi connectivity index (χ4n) is 5.30. The van der Waals surface area contributed by atoms with Crippen LogP contribution in [0.25, 0.3) is 10.9 Å². The topological polar surface area (TPSA) is 122 Å². The van der Waals surface area contributed by atoms with Crippen molar-refractivity contribution >= 4 is 34.1 Å². The van der Waals surface area contributed by atoms with Gasteiger partial charge in [0.25, 0.3) is 11.8 Å². The average Bonchev–Trinajstić information content (AvgIpc) is 3.48. The second kappa shape index (κ2) is 10.3. The van der Waals surface area contributed by atoms with Gasteiger partial charge in [0.2, 0.25) is 0 Å². The van der Waals surface area contributed by atoms with E-state index in [1.807, 2.05) is 45.3 Å². The van der Waals surface area contributed by atoms with Crippen LogP contribution in [0.5, 0.6) is 0 Å². The molecule has 1 aromatic carbocycles. The van der Waals surface area contributed by atoms with Crippen LogP contribution in [0.15, 0.2) is 24.3 Å². The van der Waals surface area contributed by atoms with Crippen LogP contribution < -0.4 is 16.0 Å². The highest BCUT2D eigenvalue weighted by molar-refractivity contribution is 7.13. The number of thiazole rings is 1. The number of carbonyl (C=O) groups excluding carboxylic acids is 2. The Morgan fingerprint density at radius 3 is 2.75 bits per heavy atom. The largest absolute Gasteiger partial charge is 0.378 e. The van der Waals surface area contributed by atoms with Gasteiger partial charge in [-0.15, -0.1) is 11.3 Å². The first-order valence-corrected chi connectivity index (χ1v) is 13.3. The predicted molar refractivity (Wildman–Crippen MR) is 140 cm³/mol. The van der Waals surface area contributed by atoms with Gasteiger partial charge in [-0.05, 0) is 58.5 Å². The van der Waals surface area contributed by atoms with Gasteiger partial charge in [0.15, 0.2) is 5.01 Å². The van der Waals surface area contributed by atoms with Gasteiger partial charge in [0.05, 0.1) is 5.69 Å². The number of rotatable bonds is 6. The summed E-state index contributed by atoms with van der Waals surface area (Å²) in [5.41, 5.74) is 3.54. The van der Waals surface area contributed by atoms with Crippen LogP contribution in [0.3, 0.4) is 0 Å². The quantitative estimate of drug-likeness (QED) is 0.324. The fourth-order valence-corrected chi connectivity index (χ4v) is 6.28. The number of nitrogens with zero attached hydrogens (tertiary/aromatic N) is 2. The summed E-state index contributed by atoms with van der Waals surface area (Å²) in [5.74, 6) is -0.432. The molecular weight excluding hydrogens is 476 g/mol. The molecule has 1 saturated carbocycles. The predicted octanol–water partition coefficient (Wildman–Crippen LogP) is 2.16. The molecular formula is C26H34N6O3S. The number of aliphatic hydroxyl groups excluding tert-OH is 1. The minimum Gasteiger partial charge on any atom is -0.378 e. The molecule has 9 nitrogen and oxygen atoms in total. The summed E-state index contributed by atoms with van der Waals surface area (Å²) >= 11 is 1.42. The third kappa shape index (κ3) is 5.17. The van der Waals surface area contributed by atoms with Crippen LogP contribution >= 0.6 is 11.3 Å². The van der Waals surface area contributed by atoms with E-state index in [0.29, 0.717) is 23.5 Å². The Hall–Kier alpha value is -2.79. The van der Waals surface area contributed by atoms with Gasteiger partial charge in [-0.3, -0.25) is 14.5 Å². The van der Waals surface area contributed by atoms with Crippen LogP contribution in [0, 0.1) is 12.8 Å². The van der Waals surface area contributed by atoms with E-state index >= 15 is 0 Å². The second-order valence-electron chi connectivity index (χ2n) is 10.2. The van der Waals surface area contributed by atoms with Crippen molar-refractivity contribution in [2.75, 3.05) is 20.6 Å². The summed E-state index contributed by atoms with van der Waals surface area (Å²) in [6.45, 7) is 3.63. The molecule has 1 aliphatic heterocycles. The summed E-state index contributed by atoms with van der Waals surface area (Å²) in [5, 5.41) is 21.7. The molecule has 192 valence electrons. The van der Waals surface area contributed by atoms with Gasteiger partial charge in [-0.2, -0.15) is 0 Å². The average molecular weight is 511 g/mol. The van der Waals surface area contributed by atoms with E-state index in [2.05, 4.69) is 25.9 Å². The Balaban J connectivity index is 1.33. The maximum absolute atomic E-state index is 13.2. The van der Waals surface area contributed by atoms with Crippen molar-refractivity contribution in [2.45, 2.75) is 57.5 Å². The van der Waals surface area contributed by atoms with E-state index in [4.69, 9.17) is 0 Å². The molecule has 0 spiro atoms. The van der Waals surface area contributed by atoms with Gasteiger partial charge >= 0.3 is 0 Å². The lowest BCUT2D eigenvalue weighted by Crippen LogP contribution is -2.56. The number of aromatic amines is 1. The molecule has 36 heavy (non-hydrogen) atoms. The fraction of sp³-hybridized carbons (Fsp3) is 0.500. The van der Waals surface area contributed by atoms with E-state index in [0.717, 1.165) is 53.0 Å². The van der Waals surface area contributed by atoms with Crippen molar-refractivity contribution in [1.29, 1.82) is 0 Å². The highest BCUT2D eigenvalue weighted by Gasteiger charge is 2.37. The minimum absolute atomic E-state index is 0.0109. The Bertz CT molecular complexity index is 1240. The first-order chi connectivity index (χ1) is 17.3. The third-order valence-electron chi connectivity index (χ3n) is 7.29. The number of amides is 2. The van der Waals surface area contributed by atoms with Crippen molar-refractivity contribution in [3.05, 3.63) is 51.1 Å². The number of carbonyl (C=O) groups is 2. The van der Waals surface area contributed by atoms with Gasteiger partial charge < -0.3 is 26.0 Å². The standard InChI is InChI=1S/C26H34N6O3S/c1-14-4-6-17-16(10-14)12-21(28-17)23(33)29-18-7-5-15(26(35)32(2)3)11-20(18)30-24(34)25-31-19-8-9-27-13-22(19)36-25/h4,6,10,12,15,18,20,26-28,35H,5,7-9,11,13H2,1-3H3,(H,29,33)(H,30,34)/t15-,18-,20+,26?/m0/s1. The summed E-state index contributed by atoms with van der Waals surface area (Å²) < 4.78 is 0. The van der Waals surface area contributed by atoms with E-state index in [-0.39, 0.29) is 29.8 Å². The second-order valence-corrected chi connectivity index (χ2v) is 11.3. The van der Waals surface area contributed by atoms with Crippen molar-refractivity contribution in [1.82, 2.24) is 30.8 Å². The Morgan fingerprint density at radius 2 is 1.97 bits per heavy atom. The monoisotopic (exact) mass is 510 g/mol. The molecule has 2 aromatic heterocycles. The molecule has 3 heterocycles. The number of fused-ring (bicyclic) bond motifs is 2. The highest BCUT2D eigenvalue weighted by atomic mass is 32.1. The van der Waals surface area contributed by atoms with Gasteiger partial charge in [0.1, 0.15) is 11.9 Å². The molecule has 0 bridgehead atoms. The van der Waals surface area contributed by atoms with E-state index in [1.54, 1.807) is 4.90 Å². The minimum atomic E-state index is -0.615. The SMILES string of the molecule is Cc1ccc2[nH]c(C(=O)N[C@H]3CC[C@H](C(O)N(C)C)C[C@H]3NC(=O)c3nc4c(s3)CNCC4)cc2c1. The molecule has 5 N–H and O–H groups in total. The maximum atomic E-state index is 13.2. The normalized spacial score (nSPS) is 22.9. The van der Waals surface area contributed by atoms with Crippen molar-refractivity contribution in [3.8, 4) is 0 Å². The Morgan fingerprint density at radius 1 is 1.17 bits per heavy atom. The lowest BCUT2D eigenvalue weighted by molar-refractivity contribution is -0.0298. The molecule has 1 fully saturated rings. The zero-order valence-corrected chi connectivity index (χ0v) is 21.7. The molecule has 0 saturated heterocycles. The summed E-state index contributed by atoms with van der Waals surface area (Å²) in [6.07, 6.45) is 2.18. The van der Waals surface area contributed by atoms with E-state index in [9.17, 15) is 14.7 Å². The number of aromatic nitrogens is 2. The molecule has 10 heteroatoms. The van der Waals surface area contributed by atoms with Gasteiger partial charge in [-0.1, -0.05) is 11.6 Å². The number of hydrogen-bond acceptors (Lipinski definition) is 7. The lowest BCUT2D eigenvalue weighted by Gasteiger charge is -2.40. The zero-order valence-electron chi connectivity index (χ0n) is 20.9. The third-order valence-corrected chi connectivity index (χ3v) is 8.39. The number of nitrogens with one attached hydrogen (secondary N) is 4. The van der Waals surface area contributed by atoms with Crippen LogP contribution in [-0.4, -0.2) is 70.7 Å². The number of benzene rings is 1. The van der Waals surface area contributed by atoms with Crippen LogP contribution in [0.4, 0.5) is 0 Å². The smallest absolute Gasteiger partial charge is 0.280 e. The van der Waals surface area contributed by atoms with Crippen LogP contribution in [0.1, 0.15) is 55.7 Å². The van der Waals surface area contributed by atoms with Crippen LogP contribution in [0.2, 0.25) is 0 Å². The first-order valence-electron chi connectivity index (χ1n) is 12.5. The maximum Gasteiger partial charge on any atom is 0.280 e. The number of H-pyrrole nitrogens is 1. The molecule has 2 aliphatic rings. The molecule has 0 radical (unpaired) electrons. The van der Waals surface area contributed by atoms with Crippen molar-refractivity contribution in [3.63, 3.8) is 0 Å². The first kappa shape index (κ1) is 24.9. The molecule has 4 atom stereocenters. The molecule has 3 aromatic rings. The van der Waals surface area contributed by atoms with E-state index in [1.165, 1.54) is 11.3 Å².